The van der Waals surface area contributed by atoms with Gasteiger partial charge >= 0.3 is 6.09 Å². The number of hydrogen-bond acceptors (Lipinski definition) is 2. The molecular weight excluding hydrogens is 388 g/mol. The third-order valence-electron chi connectivity index (χ3n) is 3.65. The molecule has 1 atom stereocenters. The first-order valence-corrected chi connectivity index (χ1v) is 7.56. The van der Waals surface area contributed by atoms with Crippen molar-refractivity contribution >= 4 is 28.7 Å². The summed E-state index contributed by atoms with van der Waals surface area (Å²) in [7, 11) is 0. The van der Waals surface area contributed by atoms with E-state index in [4.69, 9.17) is 0 Å². The second kappa shape index (κ2) is 5.28. The van der Waals surface area contributed by atoms with Crippen molar-refractivity contribution < 1.29 is 14.3 Å². The van der Waals surface area contributed by atoms with Crippen molar-refractivity contribution in [2.75, 3.05) is 0 Å². The van der Waals surface area contributed by atoms with Crippen molar-refractivity contribution in [2.45, 2.75) is 26.1 Å². The quantitative estimate of drug-likeness (QED) is 0.747. The molecule has 0 radical (unpaired) electrons. The van der Waals surface area contributed by atoms with Gasteiger partial charge in [0.15, 0.2) is 0 Å². The van der Waals surface area contributed by atoms with E-state index in [2.05, 4.69) is 27.7 Å². The van der Waals surface area contributed by atoms with Gasteiger partial charge in [0.2, 0.25) is 0 Å². The Morgan fingerprint density at radius 3 is 2.71 bits per heavy atom. The van der Waals surface area contributed by atoms with E-state index in [1.165, 1.54) is 17.0 Å². The van der Waals surface area contributed by atoms with Crippen LogP contribution in [-0.2, 0) is 13.1 Å². The first-order chi connectivity index (χ1) is 9.97. The van der Waals surface area contributed by atoms with Crippen LogP contribution in [-0.4, -0.2) is 31.9 Å². The van der Waals surface area contributed by atoms with E-state index in [0.29, 0.717) is 13.1 Å². The highest BCUT2D eigenvalue weighted by atomic mass is 127. The molecule has 110 valence electrons. The first-order valence-electron chi connectivity index (χ1n) is 6.48. The van der Waals surface area contributed by atoms with Crippen molar-refractivity contribution in [3.8, 4) is 11.3 Å². The number of rotatable bonds is 1. The van der Waals surface area contributed by atoms with Crippen LogP contribution in [0.25, 0.3) is 11.3 Å². The van der Waals surface area contributed by atoms with Crippen LogP contribution < -0.4 is 0 Å². The fourth-order valence-electron chi connectivity index (χ4n) is 2.49. The van der Waals surface area contributed by atoms with Gasteiger partial charge in [0.25, 0.3) is 0 Å². The molecule has 2 heterocycles. The number of aromatic nitrogens is 2. The molecule has 2 aromatic rings. The molecule has 1 N–H and O–H groups in total. The van der Waals surface area contributed by atoms with Crippen molar-refractivity contribution in [1.29, 1.82) is 0 Å². The minimum absolute atomic E-state index is 0.119. The van der Waals surface area contributed by atoms with E-state index >= 15 is 0 Å². The third kappa shape index (κ3) is 2.50. The molecular formula is C14H13FIN3O2. The molecule has 1 amide bonds. The lowest BCUT2D eigenvalue weighted by Gasteiger charge is -2.31. The van der Waals surface area contributed by atoms with Crippen LogP contribution in [0.5, 0.6) is 0 Å². The molecule has 0 unspecified atom stereocenters. The Labute approximate surface area is 134 Å². The average Bonchev–Trinajstić information content (AvgIpc) is 2.75. The highest BCUT2D eigenvalue weighted by molar-refractivity contribution is 14.1. The van der Waals surface area contributed by atoms with Gasteiger partial charge in [-0.3, -0.25) is 9.58 Å². The monoisotopic (exact) mass is 401 g/mol. The van der Waals surface area contributed by atoms with Gasteiger partial charge in [0.1, 0.15) is 11.5 Å². The summed E-state index contributed by atoms with van der Waals surface area (Å²) in [6.07, 6.45) is -0.922. The van der Waals surface area contributed by atoms with E-state index in [9.17, 15) is 14.3 Å². The molecule has 0 saturated heterocycles. The molecule has 7 heteroatoms. The summed E-state index contributed by atoms with van der Waals surface area (Å²) in [5.41, 5.74) is 2.48. The summed E-state index contributed by atoms with van der Waals surface area (Å²) < 4.78 is 15.8. The lowest BCUT2D eigenvalue weighted by atomic mass is 10.1. The number of halogens is 2. The SMILES string of the molecule is C[C@H]1Cn2nc(-c3ccc(F)cc3)c(I)c2CN1C(=O)O. The molecule has 1 aliphatic rings. The number of carboxylic acid groups (broad SMARTS) is 1. The molecule has 1 aromatic carbocycles. The number of amides is 1. The zero-order chi connectivity index (χ0) is 15.1. The molecule has 5 nitrogen and oxygen atoms in total. The summed E-state index contributed by atoms with van der Waals surface area (Å²) in [6, 6.07) is 6.05. The molecule has 0 fully saturated rings. The standard InChI is InChI=1S/C14H13FIN3O2/c1-8-6-19-11(7-18(8)14(20)21)12(16)13(17-19)9-2-4-10(15)5-3-9/h2-5,8H,6-7H2,1H3,(H,20,21)/t8-/m0/s1. The first kappa shape index (κ1) is 14.3. The minimum atomic E-state index is -0.922. The van der Waals surface area contributed by atoms with Gasteiger partial charge in [-0.2, -0.15) is 5.10 Å². The van der Waals surface area contributed by atoms with Crippen LogP contribution in [0.15, 0.2) is 24.3 Å². The molecule has 1 aliphatic heterocycles. The Balaban J connectivity index is 2.02. The minimum Gasteiger partial charge on any atom is -0.465 e. The molecule has 0 saturated carbocycles. The van der Waals surface area contributed by atoms with E-state index in [1.807, 2.05) is 11.6 Å². The normalized spacial score (nSPS) is 17.7. The lowest BCUT2D eigenvalue weighted by Crippen LogP contribution is -2.44. The predicted molar refractivity (Wildman–Crippen MR) is 83.4 cm³/mol. The van der Waals surface area contributed by atoms with E-state index < -0.39 is 6.09 Å². The number of hydrogen-bond donors (Lipinski definition) is 1. The summed E-state index contributed by atoms with van der Waals surface area (Å²) >= 11 is 2.18. The second-order valence-corrected chi connectivity index (χ2v) is 6.14. The summed E-state index contributed by atoms with van der Waals surface area (Å²) in [5, 5.41) is 13.8. The fraction of sp³-hybridized carbons (Fsp3) is 0.286. The van der Waals surface area contributed by atoms with Crippen LogP contribution in [0.1, 0.15) is 12.6 Å². The number of nitrogens with zero attached hydrogens (tertiary/aromatic N) is 3. The van der Waals surface area contributed by atoms with Gasteiger partial charge in [-0.15, -0.1) is 0 Å². The zero-order valence-corrected chi connectivity index (χ0v) is 13.4. The van der Waals surface area contributed by atoms with Crippen LogP contribution in [0.4, 0.5) is 9.18 Å². The summed E-state index contributed by atoms with van der Waals surface area (Å²) in [4.78, 5) is 12.7. The van der Waals surface area contributed by atoms with E-state index in [0.717, 1.165) is 20.5 Å². The molecule has 0 bridgehead atoms. The Morgan fingerprint density at radius 1 is 1.43 bits per heavy atom. The number of carbonyl (C=O) groups is 1. The highest BCUT2D eigenvalue weighted by Gasteiger charge is 2.30. The molecule has 0 aliphatic carbocycles. The Morgan fingerprint density at radius 2 is 2.10 bits per heavy atom. The lowest BCUT2D eigenvalue weighted by molar-refractivity contribution is 0.105. The van der Waals surface area contributed by atoms with Gasteiger partial charge in [-0.1, -0.05) is 0 Å². The van der Waals surface area contributed by atoms with Gasteiger partial charge < -0.3 is 5.11 Å². The maximum absolute atomic E-state index is 13.0. The average molecular weight is 401 g/mol. The predicted octanol–water partition coefficient (Wildman–Crippen LogP) is 3.18. The second-order valence-electron chi connectivity index (χ2n) is 5.06. The van der Waals surface area contributed by atoms with Crippen LogP contribution in [0.2, 0.25) is 0 Å². The number of benzene rings is 1. The molecule has 21 heavy (non-hydrogen) atoms. The van der Waals surface area contributed by atoms with Gasteiger partial charge in [-0.25, -0.2) is 9.18 Å². The van der Waals surface area contributed by atoms with Crippen molar-refractivity contribution in [3.05, 3.63) is 39.3 Å². The van der Waals surface area contributed by atoms with E-state index in [1.54, 1.807) is 12.1 Å². The molecule has 3 rings (SSSR count). The third-order valence-corrected chi connectivity index (χ3v) is 4.78. The van der Waals surface area contributed by atoms with Crippen molar-refractivity contribution in [3.63, 3.8) is 0 Å². The maximum Gasteiger partial charge on any atom is 0.407 e. The summed E-state index contributed by atoms with van der Waals surface area (Å²) in [6.45, 7) is 2.71. The fourth-order valence-corrected chi connectivity index (χ4v) is 3.36. The number of fused-ring (bicyclic) bond motifs is 1. The van der Waals surface area contributed by atoms with Crippen LogP contribution in [0, 0.1) is 9.39 Å². The maximum atomic E-state index is 13.0. The van der Waals surface area contributed by atoms with Crippen molar-refractivity contribution in [2.24, 2.45) is 0 Å². The van der Waals surface area contributed by atoms with E-state index in [-0.39, 0.29) is 11.9 Å². The Bertz CT molecular complexity index is 699. The molecule has 0 spiro atoms. The smallest absolute Gasteiger partial charge is 0.407 e. The zero-order valence-electron chi connectivity index (χ0n) is 11.3. The topological polar surface area (TPSA) is 58.4 Å². The largest absolute Gasteiger partial charge is 0.465 e. The Hall–Kier alpha value is -1.64. The van der Waals surface area contributed by atoms with Crippen LogP contribution in [0.3, 0.4) is 0 Å². The highest BCUT2D eigenvalue weighted by Crippen LogP contribution is 2.30. The van der Waals surface area contributed by atoms with Crippen LogP contribution >= 0.6 is 22.6 Å². The summed E-state index contributed by atoms with van der Waals surface area (Å²) in [5.74, 6) is -0.289. The Kier molecular flexibility index (Phi) is 3.60. The van der Waals surface area contributed by atoms with Crippen molar-refractivity contribution in [1.82, 2.24) is 14.7 Å². The van der Waals surface area contributed by atoms with Gasteiger partial charge in [-0.05, 0) is 53.8 Å². The van der Waals surface area contributed by atoms with Gasteiger partial charge in [0.05, 0.1) is 28.4 Å². The van der Waals surface area contributed by atoms with Gasteiger partial charge in [0, 0.05) is 5.56 Å². The molecule has 1 aromatic heterocycles.